The number of methoxy groups -OCH3 is 1. The number of carbonyl (C=O) groups is 1. The third kappa shape index (κ3) is 4.97. The van der Waals surface area contributed by atoms with Gasteiger partial charge in [-0.3, -0.25) is 4.79 Å². The minimum Gasteiger partial charge on any atom is -0.496 e. The van der Waals surface area contributed by atoms with E-state index >= 15 is 0 Å². The van der Waals surface area contributed by atoms with E-state index in [0.717, 1.165) is 19.3 Å². The molecule has 1 fully saturated rings. The van der Waals surface area contributed by atoms with E-state index in [1.165, 1.54) is 29.1 Å². The molecule has 2 aromatic rings. The summed E-state index contributed by atoms with van der Waals surface area (Å²) in [6, 6.07) is 14.8. The Labute approximate surface area is 172 Å². The minimum atomic E-state index is -3.66. The first-order valence-electron chi connectivity index (χ1n) is 9.96. The van der Waals surface area contributed by atoms with Gasteiger partial charge in [-0.1, -0.05) is 30.3 Å². The molecule has 7 heteroatoms. The Morgan fingerprint density at radius 3 is 2.45 bits per heavy atom. The van der Waals surface area contributed by atoms with E-state index in [9.17, 15) is 13.2 Å². The number of carbonyl (C=O) groups excluding carboxylic acids is 1. The fourth-order valence-corrected chi connectivity index (χ4v) is 5.23. The average Bonchev–Trinajstić information content (AvgIpc) is 2.74. The number of amides is 1. The molecule has 1 heterocycles. The molecule has 1 amide bonds. The molecular weight excluding hydrogens is 388 g/mol. The number of benzene rings is 2. The van der Waals surface area contributed by atoms with Gasteiger partial charge in [-0.05, 0) is 55.9 Å². The second-order valence-corrected chi connectivity index (χ2v) is 9.20. The van der Waals surface area contributed by atoms with Crippen LogP contribution in [0.2, 0.25) is 0 Å². The Kier molecular flexibility index (Phi) is 6.92. The predicted molar refractivity (Wildman–Crippen MR) is 113 cm³/mol. The Hall–Kier alpha value is -2.38. The molecule has 1 saturated heterocycles. The molecule has 0 bridgehead atoms. The number of hydrogen-bond acceptors (Lipinski definition) is 4. The van der Waals surface area contributed by atoms with Crippen molar-refractivity contribution in [1.29, 1.82) is 0 Å². The van der Waals surface area contributed by atoms with E-state index in [4.69, 9.17) is 4.74 Å². The van der Waals surface area contributed by atoms with Crippen LogP contribution in [0.15, 0.2) is 53.4 Å². The van der Waals surface area contributed by atoms with Gasteiger partial charge in [-0.2, -0.15) is 4.31 Å². The van der Waals surface area contributed by atoms with E-state index < -0.39 is 10.0 Å². The van der Waals surface area contributed by atoms with Crippen molar-refractivity contribution in [2.75, 3.05) is 26.7 Å². The first-order valence-corrected chi connectivity index (χ1v) is 11.4. The molecule has 1 aliphatic heterocycles. The second-order valence-electron chi connectivity index (χ2n) is 7.26. The third-order valence-electron chi connectivity index (χ3n) is 5.33. The Morgan fingerprint density at radius 1 is 1.14 bits per heavy atom. The number of sulfonamides is 1. The maximum Gasteiger partial charge on any atom is 0.255 e. The van der Waals surface area contributed by atoms with Crippen LogP contribution in [0.5, 0.6) is 5.75 Å². The molecule has 1 aliphatic rings. The van der Waals surface area contributed by atoms with Gasteiger partial charge in [-0.15, -0.1) is 0 Å². The zero-order chi connectivity index (χ0) is 20.9. The summed E-state index contributed by atoms with van der Waals surface area (Å²) >= 11 is 0. The molecule has 0 radical (unpaired) electrons. The van der Waals surface area contributed by atoms with Gasteiger partial charge < -0.3 is 10.1 Å². The van der Waals surface area contributed by atoms with Crippen molar-refractivity contribution < 1.29 is 17.9 Å². The van der Waals surface area contributed by atoms with Crippen LogP contribution in [-0.4, -0.2) is 45.4 Å². The van der Waals surface area contributed by atoms with Crippen LogP contribution in [-0.2, 0) is 16.4 Å². The number of rotatable bonds is 7. The number of nitrogens with zero attached hydrogens (tertiary/aromatic N) is 1. The van der Waals surface area contributed by atoms with Gasteiger partial charge in [0, 0.05) is 19.6 Å². The summed E-state index contributed by atoms with van der Waals surface area (Å²) in [5.74, 6) is 0.491. The van der Waals surface area contributed by atoms with Crippen LogP contribution >= 0.6 is 0 Å². The van der Waals surface area contributed by atoms with Crippen LogP contribution in [0.3, 0.4) is 0 Å². The van der Waals surface area contributed by atoms with E-state index in [1.807, 2.05) is 25.1 Å². The SMILES string of the molecule is CCNC(=O)c1cc(S(=O)(=O)N2CCC(Cc3ccccc3)CC2)ccc1OC. The van der Waals surface area contributed by atoms with Crippen LogP contribution in [0.4, 0.5) is 0 Å². The van der Waals surface area contributed by atoms with E-state index in [2.05, 4.69) is 17.4 Å². The van der Waals surface area contributed by atoms with Crippen LogP contribution in [0, 0.1) is 5.92 Å². The minimum absolute atomic E-state index is 0.126. The van der Waals surface area contributed by atoms with Crippen molar-refractivity contribution in [1.82, 2.24) is 9.62 Å². The summed E-state index contributed by atoms with van der Waals surface area (Å²) in [6.07, 6.45) is 2.62. The molecular formula is C22H28N2O4S. The third-order valence-corrected chi connectivity index (χ3v) is 7.23. The Bertz CT molecular complexity index is 937. The van der Waals surface area contributed by atoms with Gasteiger partial charge >= 0.3 is 0 Å². The monoisotopic (exact) mass is 416 g/mol. The maximum atomic E-state index is 13.1. The highest BCUT2D eigenvalue weighted by molar-refractivity contribution is 7.89. The van der Waals surface area contributed by atoms with Crippen molar-refractivity contribution >= 4 is 15.9 Å². The normalized spacial score (nSPS) is 15.8. The van der Waals surface area contributed by atoms with Crippen molar-refractivity contribution in [2.45, 2.75) is 31.1 Å². The van der Waals surface area contributed by atoms with Gasteiger partial charge in [0.2, 0.25) is 10.0 Å². The van der Waals surface area contributed by atoms with E-state index in [1.54, 1.807) is 6.07 Å². The van der Waals surface area contributed by atoms with Crippen LogP contribution < -0.4 is 10.1 Å². The Balaban J connectivity index is 1.73. The molecule has 3 rings (SSSR count). The Morgan fingerprint density at radius 2 is 1.83 bits per heavy atom. The standard InChI is InChI=1S/C22H28N2O4S/c1-3-23-22(25)20-16-19(9-10-21(20)28-2)29(26,27)24-13-11-18(12-14-24)15-17-7-5-4-6-8-17/h4-10,16,18H,3,11-15H2,1-2H3,(H,23,25). The predicted octanol–water partition coefficient (Wildman–Crippen LogP) is 3.09. The van der Waals surface area contributed by atoms with Crippen molar-refractivity contribution in [2.24, 2.45) is 5.92 Å². The first-order chi connectivity index (χ1) is 14.0. The van der Waals surface area contributed by atoms with Crippen molar-refractivity contribution in [3.05, 3.63) is 59.7 Å². The number of hydrogen-bond donors (Lipinski definition) is 1. The summed E-state index contributed by atoms with van der Waals surface area (Å²) in [7, 11) is -2.19. The van der Waals surface area contributed by atoms with E-state index in [0.29, 0.717) is 31.3 Å². The maximum absolute atomic E-state index is 13.1. The second kappa shape index (κ2) is 9.41. The zero-order valence-corrected chi connectivity index (χ0v) is 17.7. The molecule has 2 aromatic carbocycles. The largest absolute Gasteiger partial charge is 0.496 e. The lowest BCUT2D eigenvalue weighted by atomic mass is 9.91. The lowest BCUT2D eigenvalue weighted by molar-refractivity contribution is 0.0952. The van der Waals surface area contributed by atoms with E-state index in [-0.39, 0.29) is 16.4 Å². The highest BCUT2D eigenvalue weighted by atomic mass is 32.2. The molecule has 0 aromatic heterocycles. The summed E-state index contributed by atoms with van der Waals surface area (Å²) in [5, 5.41) is 2.70. The van der Waals surface area contributed by atoms with Gasteiger partial charge in [0.25, 0.3) is 5.91 Å². The van der Waals surface area contributed by atoms with Gasteiger partial charge in [0.15, 0.2) is 0 Å². The number of piperidine rings is 1. The highest BCUT2D eigenvalue weighted by Gasteiger charge is 2.30. The molecule has 0 atom stereocenters. The summed E-state index contributed by atoms with van der Waals surface area (Å²) in [6.45, 7) is 3.24. The molecule has 156 valence electrons. The smallest absolute Gasteiger partial charge is 0.255 e. The summed E-state index contributed by atoms with van der Waals surface area (Å²) < 4.78 is 33.0. The lowest BCUT2D eigenvalue weighted by Crippen LogP contribution is -2.39. The fourth-order valence-electron chi connectivity index (χ4n) is 3.73. The van der Waals surface area contributed by atoms with Crippen LogP contribution in [0.25, 0.3) is 0 Å². The quantitative estimate of drug-likeness (QED) is 0.753. The molecule has 6 nitrogen and oxygen atoms in total. The molecule has 0 saturated carbocycles. The van der Waals surface area contributed by atoms with Crippen molar-refractivity contribution in [3.8, 4) is 5.75 Å². The molecule has 1 N–H and O–H groups in total. The highest BCUT2D eigenvalue weighted by Crippen LogP contribution is 2.28. The fraction of sp³-hybridized carbons (Fsp3) is 0.409. The molecule has 0 spiro atoms. The van der Waals surface area contributed by atoms with Crippen molar-refractivity contribution in [3.63, 3.8) is 0 Å². The average molecular weight is 417 g/mol. The zero-order valence-electron chi connectivity index (χ0n) is 16.9. The molecule has 0 unspecified atom stereocenters. The molecule has 29 heavy (non-hydrogen) atoms. The topological polar surface area (TPSA) is 75.7 Å². The van der Waals surface area contributed by atoms with Gasteiger partial charge in [0.05, 0.1) is 17.6 Å². The first kappa shape index (κ1) is 21.3. The lowest BCUT2D eigenvalue weighted by Gasteiger charge is -2.31. The number of ether oxygens (including phenoxy) is 1. The molecule has 0 aliphatic carbocycles. The van der Waals surface area contributed by atoms with Gasteiger partial charge in [-0.25, -0.2) is 8.42 Å². The summed E-state index contributed by atoms with van der Waals surface area (Å²) in [4.78, 5) is 12.4. The van der Waals surface area contributed by atoms with Gasteiger partial charge in [0.1, 0.15) is 5.75 Å². The number of nitrogens with one attached hydrogen (secondary N) is 1. The summed E-state index contributed by atoms with van der Waals surface area (Å²) in [5.41, 5.74) is 1.52. The van der Waals surface area contributed by atoms with Crippen LogP contribution in [0.1, 0.15) is 35.7 Å².